The van der Waals surface area contributed by atoms with Gasteiger partial charge < -0.3 is 24.0 Å². The molecule has 0 saturated carbocycles. The number of nitrogens with zero attached hydrogens (tertiary/aromatic N) is 4. The third kappa shape index (κ3) is 6.13. The fourth-order valence-electron chi connectivity index (χ4n) is 4.35. The number of likely N-dealkylation sites (tertiary alicyclic amines) is 1. The number of carbonyl (C=O) groups is 1. The fourth-order valence-corrected chi connectivity index (χ4v) is 4.35. The molecule has 1 N–H and O–H groups in total. The number of hydrogen-bond donors (Lipinski definition) is 1. The van der Waals surface area contributed by atoms with E-state index in [1.54, 1.807) is 17.0 Å². The number of hydrogen-bond acceptors (Lipinski definition) is 7. The van der Waals surface area contributed by atoms with Crippen molar-refractivity contribution in [2.45, 2.75) is 65.3 Å². The molecule has 0 unspecified atom stereocenters. The maximum absolute atomic E-state index is 12.3. The predicted molar refractivity (Wildman–Crippen MR) is 134 cm³/mol. The first-order valence-electron chi connectivity index (χ1n) is 12.2. The Morgan fingerprint density at radius 1 is 1.25 bits per heavy atom. The minimum atomic E-state index is -0.484. The zero-order chi connectivity index (χ0) is 25.7. The molecule has 2 aromatic heterocycles. The zero-order valence-corrected chi connectivity index (χ0v) is 21.0. The van der Waals surface area contributed by atoms with Crippen LogP contribution < -0.4 is 4.74 Å². The molecule has 1 aliphatic rings. The number of fused-ring (bicyclic) bond motifs is 1. The largest absolute Gasteiger partial charge is 0.487 e. The van der Waals surface area contributed by atoms with Gasteiger partial charge in [0.05, 0.1) is 30.1 Å². The number of benzene rings is 1. The van der Waals surface area contributed by atoms with Crippen LogP contribution in [0.4, 0.5) is 10.5 Å². The third-order valence-corrected chi connectivity index (χ3v) is 6.30. The van der Waals surface area contributed by atoms with Gasteiger partial charge in [-0.1, -0.05) is 11.2 Å². The number of ether oxygens (including phenoxy) is 2. The van der Waals surface area contributed by atoms with E-state index in [4.69, 9.17) is 20.6 Å². The molecular formula is C27H32N4O5. The van der Waals surface area contributed by atoms with E-state index in [1.165, 1.54) is 6.20 Å². The van der Waals surface area contributed by atoms with Crippen molar-refractivity contribution in [3.63, 3.8) is 0 Å². The molecule has 0 radical (unpaired) electrons. The highest BCUT2D eigenvalue weighted by Gasteiger charge is 2.27. The van der Waals surface area contributed by atoms with Crippen LogP contribution in [0.15, 0.2) is 35.0 Å². The topological polar surface area (TPSA) is 102 Å². The molecule has 0 bridgehead atoms. The second-order valence-electron chi connectivity index (χ2n) is 10.1. The van der Waals surface area contributed by atoms with Crippen LogP contribution in [-0.4, -0.2) is 44.9 Å². The number of pyridine rings is 1. The summed E-state index contributed by atoms with van der Waals surface area (Å²) in [7, 11) is 0. The molecule has 0 aliphatic carbocycles. The number of aliphatic hydroxyl groups excluding tert-OH is 1. The number of rotatable bonds is 7. The molecule has 190 valence electrons. The summed E-state index contributed by atoms with van der Waals surface area (Å²) in [5, 5.41) is 15.2. The molecule has 3 aromatic rings. The summed E-state index contributed by atoms with van der Waals surface area (Å²) in [4.78, 5) is 21.6. The minimum Gasteiger partial charge on any atom is -0.487 e. The van der Waals surface area contributed by atoms with Crippen LogP contribution in [0, 0.1) is 12.5 Å². The van der Waals surface area contributed by atoms with Crippen LogP contribution >= 0.6 is 0 Å². The lowest BCUT2D eigenvalue weighted by Gasteiger charge is -2.33. The summed E-state index contributed by atoms with van der Waals surface area (Å²) in [5.41, 5.74) is 2.61. The molecule has 1 aliphatic heterocycles. The molecular weight excluding hydrogens is 460 g/mol. The Hall–Kier alpha value is -3.64. The van der Waals surface area contributed by atoms with Crippen LogP contribution in [0.2, 0.25) is 0 Å². The van der Waals surface area contributed by atoms with Crippen LogP contribution in [0.3, 0.4) is 0 Å². The summed E-state index contributed by atoms with van der Waals surface area (Å²) < 4.78 is 17.0. The molecule has 36 heavy (non-hydrogen) atoms. The van der Waals surface area contributed by atoms with Crippen molar-refractivity contribution < 1.29 is 23.9 Å². The van der Waals surface area contributed by atoms with Crippen molar-refractivity contribution in [3.8, 4) is 5.75 Å². The van der Waals surface area contributed by atoms with E-state index in [0.29, 0.717) is 47.3 Å². The van der Waals surface area contributed by atoms with E-state index in [1.807, 2.05) is 32.9 Å². The summed E-state index contributed by atoms with van der Waals surface area (Å²) >= 11 is 0. The summed E-state index contributed by atoms with van der Waals surface area (Å²) in [5.74, 6) is 1.01. The van der Waals surface area contributed by atoms with Gasteiger partial charge in [-0.2, -0.15) is 0 Å². The van der Waals surface area contributed by atoms with Gasteiger partial charge in [0.15, 0.2) is 5.58 Å². The number of aromatic nitrogens is 2. The monoisotopic (exact) mass is 492 g/mol. The normalized spacial score (nSPS) is 14.6. The highest BCUT2D eigenvalue weighted by molar-refractivity contribution is 5.84. The summed E-state index contributed by atoms with van der Waals surface area (Å²) in [6, 6.07) is 7.17. The maximum atomic E-state index is 12.3. The number of aliphatic hydroxyl groups is 1. The molecule has 1 fully saturated rings. The molecule has 0 atom stereocenters. The van der Waals surface area contributed by atoms with Gasteiger partial charge in [0, 0.05) is 24.7 Å². The lowest BCUT2D eigenvalue weighted by atomic mass is 9.91. The average Bonchev–Trinajstić information content (AvgIpc) is 3.28. The van der Waals surface area contributed by atoms with Gasteiger partial charge in [-0.3, -0.25) is 4.98 Å². The quantitative estimate of drug-likeness (QED) is 0.439. The van der Waals surface area contributed by atoms with E-state index in [-0.39, 0.29) is 19.3 Å². The van der Waals surface area contributed by atoms with E-state index in [0.717, 1.165) is 36.8 Å². The number of amides is 1. The standard InChI is InChI=1S/C27H32N4O5/c1-27(2,3)35-26(33)31-13-11-18(12-14-31)5-9-23-21-8-10-24(22(16-32)25(21)36-30-23)34-17-20-7-6-19(28-4)15-29-20/h6-8,10,15,18,32H,5,9,11-14,16-17H2,1-3H3. The van der Waals surface area contributed by atoms with E-state index in [9.17, 15) is 9.90 Å². The maximum Gasteiger partial charge on any atom is 0.410 e. The summed E-state index contributed by atoms with van der Waals surface area (Å²) in [6.07, 6.45) is 4.83. The van der Waals surface area contributed by atoms with Gasteiger partial charge in [0.2, 0.25) is 5.69 Å². The van der Waals surface area contributed by atoms with Gasteiger partial charge in [-0.25, -0.2) is 9.64 Å². The smallest absolute Gasteiger partial charge is 0.410 e. The van der Waals surface area contributed by atoms with Crippen molar-refractivity contribution in [1.82, 2.24) is 15.0 Å². The molecule has 9 heteroatoms. The van der Waals surface area contributed by atoms with Crippen molar-refractivity contribution in [1.29, 1.82) is 0 Å². The second kappa shape index (κ2) is 11.0. The van der Waals surface area contributed by atoms with Crippen LogP contribution in [0.1, 0.15) is 57.0 Å². The first kappa shape index (κ1) is 25.5. The second-order valence-corrected chi connectivity index (χ2v) is 10.1. The Labute approximate surface area is 210 Å². The minimum absolute atomic E-state index is 0.208. The van der Waals surface area contributed by atoms with Gasteiger partial charge >= 0.3 is 6.09 Å². The molecule has 3 heterocycles. The summed E-state index contributed by atoms with van der Waals surface area (Å²) in [6.45, 7) is 14.0. The Morgan fingerprint density at radius 3 is 2.67 bits per heavy atom. The highest BCUT2D eigenvalue weighted by Crippen LogP contribution is 2.32. The van der Waals surface area contributed by atoms with Gasteiger partial charge in [0.25, 0.3) is 0 Å². The fraction of sp³-hybridized carbons (Fsp3) is 0.481. The average molecular weight is 493 g/mol. The van der Waals surface area contributed by atoms with Gasteiger partial charge in [-0.05, 0) is 70.6 Å². The van der Waals surface area contributed by atoms with E-state index >= 15 is 0 Å². The third-order valence-electron chi connectivity index (χ3n) is 6.30. The van der Waals surface area contributed by atoms with Crippen LogP contribution in [0.5, 0.6) is 5.75 Å². The lowest BCUT2D eigenvalue weighted by Crippen LogP contribution is -2.41. The molecule has 1 amide bonds. The van der Waals surface area contributed by atoms with Crippen molar-refractivity contribution in [3.05, 3.63) is 58.8 Å². The van der Waals surface area contributed by atoms with E-state index in [2.05, 4.69) is 15.0 Å². The molecule has 1 saturated heterocycles. The van der Waals surface area contributed by atoms with E-state index < -0.39 is 5.60 Å². The van der Waals surface area contributed by atoms with Crippen LogP contribution in [-0.2, 0) is 24.4 Å². The van der Waals surface area contributed by atoms with Crippen molar-refractivity contribution >= 4 is 22.7 Å². The number of aryl methyl sites for hydroxylation is 1. The van der Waals surface area contributed by atoms with Gasteiger partial charge in [0.1, 0.15) is 18.0 Å². The molecule has 9 nitrogen and oxygen atoms in total. The first-order valence-corrected chi connectivity index (χ1v) is 12.2. The van der Waals surface area contributed by atoms with Crippen molar-refractivity contribution in [2.75, 3.05) is 13.1 Å². The number of piperidine rings is 1. The molecule has 1 aromatic carbocycles. The highest BCUT2D eigenvalue weighted by atomic mass is 16.6. The predicted octanol–water partition coefficient (Wildman–Crippen LogP) is 5.42. The lowest BCUT2D eigenvalue weighted by molar-refractivity contribution is 0.0181. The Kier molecular flexibility index (Phi) is 7.75. The van der Waals surface area contributed by atoms with Crippen molar-refractivity contribution in [2.24, 2.45) is 5.92 Å². The number of carbonyl (C=O) groups excluding carboxylic acids is 1. The Balaban J connectivity index is 1.35. The Bertz CT molecular complexity index is 1230. The Morgan fingerprint density at radius 2 is 2.03 bits per heavy atom. The van der Waals surface area contributed by atoms with Gasteiger partial charge in [-0.15, -0.1) is 0 Å². The SMILES string of the molecule is [C-]#[N+]c1ccc(COc2ccc3c(CCC4CCN(C(=O)OC(C)(C)C)CC4)noc3c2CO)nc1. The molecule has 4 rings (SSSR count). The van der Waals surface area contributed by atoms with Crippen LogP contribution in [0.25, 0.3) is 15.8 Å². The first-order chi connectivity index (χ1) is 17.3. The zero-order valence-electron chi connectivity index (χ0n) is 21.0. The molecule has 0 spiro atoms.